The van der Waals surface area contributed by atoms with Crippen LogP contribution in [0, 0.1) is 5.41 Å². The molecule has 0 aliphatic heterocycles. The summed E-state index contributed by atoms with van der Waals surface area (Å²) >= 11 is 5.72. The van der Waals surface area contributed by atoms with Crippen LogP contribution in [0.25, 0.3) is 0 Å². The van der Waals surface area contributed by atoms with Gasteiger partial charge in [-0.1, -0.05) is 11.6 Å². The molecule has 1 aromatic carbocycles. The van der Waals surface area contributed by atoms with Crippen molar-refractivity contribution in [3.05, 3.63) is 29.3 Å². The van der Waals surface area contributed by atoms with Crippen molar-refractivity contribution in [1.82, 2.24) is 4.90 Å². The molecule has 0 spiro atoms. The average molecular weight is 249 g/mol. The van der Waals surface area contributed by atoms with Gasteiger partial charge < -0.3 is 9.64 Å². The van der Waals surface area contributed by atoms with Gasteiger partial charge in [-0.25, -0.2) is 0 Å². The highest BCUT2D eigenvalue weighted by molar-refractivity contribution is 6.30. The summed E-state index contributed by atoms with van der Waals surface area (Å²) in [5, 5.41) is 8.19. The van der Waals surface area contributed by atoms with Crippen LogP contribution in [0.2, 0.25) is 5.02 Å². The Hall–Kier alpha value is -0.930. The Balaban J connectivity index is 0.00000196. The summed E-state index contributed by atoms with van der Waals surface area (Å²) < 4.78 is 5.36. The SMILES string of the molecule is CN(C)C(=N)COc1ccc(Cl)cc1.Cl. The summed E-state index contributed by atoms with van der Waals surface area (Å²) in [5.74, 6) is 1.15. The Bertz CT molecular complexity index is 312. The number of hydrogen-bond acceptors (Lipinski definition) is 2. The third-order valence-electron chi connectivity index (χ3n) is 1.73. The molecular formula is C10H14Cl2N2O. The van der Waals surface area contributed by atoms with Gasteiger partial charge in [0.1, 0.15) is 18.2 Å². The van der Waals surface area contributed by atoms with Gasteiger partial charge in [-0.05, 0) is 24.3 Å². The highest BCUT2D eigenvalue weighted by Crippen LogP contribution is 2.15. The second kappa shape index (κ2) is 6.53. The Morgan fingerprint density at radius 2 is 1.87 bits per heavy atom. The number of nitrogens with one attached hydrogen (secondary N) is 1. The fraction of sp³-hybridized carbons (Fsp3) is 0.300. The van der Waals surface area contributed by atoms with Crippen molar-refractivity contribution in [3.8, 4) is 5.75 Å². The number of rotatable bonds is 3. The molecule has 0 atom stereocenters. The maximum absolute atomic E-state index is 7.51. The first-order chi connectivity index (χ1) is 6.59. The fourth-order valence-electron chi connectivity index (χ4n) is 0.812. The van der Waals surface area contributed by atoms with Gasteiger partial charge in [-0.2, -0.15) is 0 Å². The minimum Gasteiger partial charge on any atom is -0.486 e. The molecule has 0 radical (unpaired) electrons. The van der Waals surface area contributed by atoms with Gasteiger partial charge in [0.25, 0.3) is 0 Å². The van der Waals surface area contributed by atoms with Crippen molar-refractivity contribution < 1.29 is 4.74 Å². The van der Waals surface area contributed by atoms with E-state index < -0.39 is 0 Å². The lowest BCUT2D eigenvalue weighted by molar-refractivity contribution is 0.358. The fourth-order valence-corrected chi connectivity index (χ4v) is 0.938. The van der Waals surface area contributed by atoms with Gasteiger partial charge in [0.05, 0.1) is 0 Å². The zero-order valence-electron chi connectivity index (χ0n) is 8.66. The van der Waals surface area contributed by atoms with Crippen LogP contribution in [-0.4, -0.2) is 31.4 Å². The summed E-state index contributed by atoms with van der Waals surface area (Å²) in [4.78, 5) is 1.70. The van der Waals surface area contributed by atoms with Crippen LogP contribution in [0.15, 0.2) is 24.3 Å². The summed E-state index contributed by atoms with van der Waals surface area (Å²) in [6.07, 6.45) is 0. The molecule has 0 aliphatic rings. The minimum absolute atomic E-state index is 0. The second-order valence-electron chi connectivity index (χ2n) is 3.08. The lowest BCUT2D eigenvalue weighted by Crippen LogP contribution is -2.26. The molecule has 15 heavy (non-hydrogen) atoms. The molecule has 1 aromatic rings. The van der Waals surface area contributed by atoms with E-state index in [1.165, 1.54) is 0 Å². The van der Waals surface area contributed by atoms with Crippen molar-refractivity contribution in [1.29, 1.82) is 5.41 Å². The number of nitrogens with zero attached hydrogens (tertiary/aromatic N) is 1. The Labute approximate surface area is 101 Å². The maximum Gasteiger partial charge on any atom is 0.145 e. The van der Waals surface area contributed by atoms with Gasteiger partial charge >= 0.3 is 0 Å². The molecule has 1 N–H and O–H groups in total. The van der Waals surface area contributed by atoms with Gasteiger partial charge in [-0.3, -0.25) is 5.41 Å². The van der Waals surface area contributed by atoms with Crippen LogP contribution in [-0.2, 0) is 0 Å². The molecule has 0 aliphatic carbocycles. The standard InChI is InChI=1S/C10H13ClN2O.ClH/c1-13(2)10(12)7-14-9-5-3-8(11)4-6-9;/h3-6,12H,7H2,1-2H3;1H. The molecule has 0 heterocycles. The molecule has 0 aromatic heterocycles. The second-order valence-corrected chi connectivity index (χ2v) is 3.52. The van der Waals surface area contributed by atoms with E-state index >= 15 is 0 Å². The van der Waals surface area contributed by atoms with E-state index in [0.717, 1.165) is 5.75 Å². The van der Waals surface area contributed by atoms with Crippen LogP contribution in [0.4, 0.5) is 0 Å². The van der Waals surface area contributed by atoms with E-state index in [1.807, 2.05) is 14.1 Å². The normalized spacial score (nSPS) is 9.00. The van der Waals surface area contributed by atoms with Crippen LogP contribution >= 0.6 is 24.0 Å². The molecule has 0 amide bonds. The van der Waals surface area contributed by atoms with Crippen molar-refractivity contribution >= 4 is 29.8 Å². The molecule has 5 heteroatoms. The van der Waals surface area contributed by atoms with Gasteiger partial charge in [0.2, 0.25) is 0 Å². The van der Waals surface area contributed by atoms with Gasteiger partial charge in [0, 0.05) is 19.1 Å². The van der Waals surface area contributed by atoms with E-state index in [9.17, 15) is 0 Å². The molecular weight excluding hydrogens is 235 g/mol. The molecule has 84 valence electrons. The maximum atomic E-state index is 7.51. The smallest absolute Gasteiger partial charge is 0.145 e. The lowest BCUT2D eigenvalue weighted by Gasteiger charge is -2.14. The first kappa shape index (κ1) is 14.1. The van der Waals surface area contributed by atoms with E-state index in [4.69, 9.17) is 21.7 Å². The Morgan fingerprint density at radius 1 is 1.33 bits per heavy atom. The quantitative estimate of drug-likeness (QED) is 0.660. The van der Waals surface area contributed by atoms with Crippen molar-refractivity contribution in [2.24, 2.45) is 0 Å². The average Bonchev–Trinajstić information content (AvgIpc) is 2.16. The molecule has 3 nitrogen and oxygen atoms in total. The Kier molecular flexibility index (Phi) is 6.13. The molecule has 0 fully saturated rings. The van der Waals surface area contributed by atoms with Crippen LogP contribution in [0.1, 0.15) is 0 Å². The van der Waals surface area contributed by atoms with Crippen LogP contribution in [0.5, 0.6) is 5.75 Å². The van der Waals surface area contributed by atoms with Gasteiger partial charge in [-0.15, -0.1) is 12.4 Å². The summed E-state index contributed by atoms with van der Waals surface area (Å²) in [7, 11) is 3.63. The highest BCUT2D eigenvalue weighted by Gasteiger charge is 2.00. The topological polar surface area (TPSA) is 36.3 Å². The van der Waals surface area contributed by atoms with Crippen LogP contribution < -0.4 is 4.74 Å². The zero-order valence-corrected chi connectivity index (χ0v) is 10.2. The van der Waals surface area contributed by atoms with E-state index in [0.29, 0.717) is 10.9 Å². The third-order valence-corrected chi connectivity index (χ3v) is 1.98. The van der Waals surface area contributed by atoms with E-state index in [-0.39, 0.29) is 19.0 Å². The largest absolute Gasteiger partial charge is 0.486 e. The van der Waals surface area contributed by atoms with Crippen molar-refractivity contribution in [3.63, 3.8) is 0 Å². The molecule has 0 unspecified atom stereocenters. The number of likely N-dealkylation sites (N-methyl/N-ethyl adjacent to an activating group) is 1. The van der Waals surface area contributed by atoms with Crippen LogP contribution in [0.3, 0.4) is 0 Å². The van der Waals surface area contributed by atoms with Gasteiger partial charge in [0.15, 0.2) is 0 Å². The predicted molar refractivity (Wildman–Crippen MR) is 65.6 cm³/mol. The first-order valence-electron chi connectivity index (χ1n) is 4.22. The van der Waals surface area contributed by atoms with E-state index in [2.05, 4.69) is 0 Å². The first-order valence-corrected chi connectivity index (χ1v) is 4.60. The monoisotopic (exact) mass is 248 g/mol. The molecule has 0 bridgehead atoms. The zero-order chi connectivity index (χ0) is 10.6. The summed E-state index contributed by atoms with van der Waals surface area (Å²) in [5.41, 5.74) is 0. The number of amidine groups is 1. The lowest BCUT2D eigenvalue weighted by atomic mass is 10.3. The number of halogens is 2. The highest BCUT2D eigenvalue weighted by atomic mass is 35.5. The summed E-state index contributed by atoms with van der Waals surface area (Å²) in [6.45, 7) is 0.272. The number of benzene rings is 1. The summed E-state index contributed by atoms with van der Waals surface area (Å²) in [6, 6.07) is 7.09. The molecule has 1 rings (SSSR count). The van der Waals surface area contributed by atoms with Crippen molar-refractivity contribution in [2.45, 2.75) is 0 Å². The number of ether oxygens (including phenoxy) is 1. The molecule has 0 saturated heterocycles. The minimum atomic E-state index is 0. The van der Waals surface area contributed by atoms with E-state index in [1.54, 1.807) is 29.2 Å². The number of hydrogen-bond donors (Lipinski definition) is 1. The Morgan fingerprint density at radius 3 is 2.33 bits per heavy atom. The molecule has 0 saturated carbocycles. The third kappa shape index (κ3) is 4.91. The van der Waals surface area contributed by atoms with Crippen molar-refractivity contribution in [2.75, 3.05) is 20.7 Å². The predicted octanol–water partition coefficient (Wildman–Crippen LogP) is 2.68.